The zero-order valence-corrected chi connectivity index (χ0v) is 29.6. The van der Waals surface area contributed by atoms with E-state index in [4.69, 9.17) is 44.9 Å². The monoisotopic (exact) mass is 724 g/mol. The summed E-state index contributed by atoms with van der Waals surface area (Å²) in [7, 11) is 0. The molecule has 0 atom stereocenters. The summed E-state index contributed by atoms with van der Waals surface area (Å²) in [6.07, 6.45) is 0.654. The predicted molar refractivity (Wildman–Crippen MR) is 212 cm³/mol. The van der Waals surface area contributed by atoms with Crippen molar-refractivity contribution in [3.05, 3.63) is 94.0 Å². The molecule has 0 aliphatic heterocycles. The van der Waals surface area contributed by atoms with Gasteiger partial charge in [0.05, 0.1) is 22.8 Å². The zero-order chi connectivity index (χ0) is 39.7. The second kappa shape index (κ2) is 20.1. The number of nitrogens with zero attached hydrogens (tertiary/aromatic N) is 5. The highest BCUT2D eigenvalue weighted by atomic mass is 16.2. The molecule has 18 N–H and O–H groups in total. The fourth-order valence-corrected chi connectivity index (χ4v) is 4.31. The van der Waals surface area contributed by atoms with Crippen LogP contribution in [0.3, 0.4) is 0 Å². The lowest BCUT2D eigenvalue weighted by atomic mass is 10.0. The number of hydrogen-bond donors (Lipinski definition) is 13. The van der Waals surface area contributed by atoms with Gasteiger partial charge in [-0.1, -0.05) is 37.3 Å². The van der Waals surface area contributed by atoms with Gasteiger partial charge in [0.15, 0.2) is 0 Å². The number of nitrogens with two attached hydrogens (primary N) is 5. The molecule has 0 heterocycles. The molecule has 278 valence electrons. The van der Waals surface area contributed by atoms with Crippen LogP contribution in [0, 0.1) is 16.2 Å². The van der Waals surface area contributed by atoms with Crippen molar-refractivity contribution in [3.8, 4) is 0 Å². The minimum atomic E-state index is -0.497. The Balaban J connectivity index is 0.00000149. The van der Waals surface area contributed by atoms with Crippen LogP contribution in [0.4, 0.5) is 11.4 Å². The molecule has 53 heavy (non-hydrogen) atoms. The minimum Gasteiger partial charge on any atom is -0.369 e. The molecule has 20 heteroatoms. The van der Waals surface area contributed by atoms with Crippen LogP contribution in [0.25, 0.3) is 0 Å². The van der Waals surface area contributed by atoms with Crippen LogP contribution in [-0.2, 0) is 6.42 Å². The molecule has 0 aliphatic carbocycles. The van der Waals surface area contributed by atoms with Crippen molar-refractivity contribution in [2.75, 3.05) is 10.6 Å². The molecule has 0 unspecified atom stereocenters. The van der Waals surface area contributed by atoms with Crippen molar-refractivity contribution >= 4 is 70.9 Å². The molecule has 3 aromatic rings. The number of guanidine groups is 4. The van der Waals surface area contributed by atoms with E-state index in [0.717, 1.165) is 5.56 Å². The third-order valence-corrected chi connectivity index (χ3v) is 6.84. The summed E-state index contributed by atoms with van der Waals surface area (Å²) in [5, 5.41) is 46.2. The number of hydrogen-bond acceptors (Lipinski definition) is 10. The first-order valence-corrected chi connectivity index (χ1v) is 15.5. The summed E-state index contributed by atoms with van der Waals surface area (Å²) in [4.78, 5) is 26.9. The van der Waals surface area contributed by atoms with E-state index in [0.29, 0.717) is 51.6 Å². The van der Waals surface area contributed by atoms with E-state index in [-0.39, 0.29) is 35.0 Å². The van der Waals surface area contributed by atoms with Gasteiger partial charge < -0.3 is 39.3 Å². The number of amides is 2. The van der Waals surface area contributed by atoms with Gasteiger partial charge in [0, 0.05) is 29.1 Å². The number of hydrazone groups is 3. The van der Waals surface area contributed by atoms with Crippen molar-refractivity contribution in [1.82, 2.24) is 16.3 Å². The van der Waals surface area contributed by atoms with Crippen molar-refractivity contribution < 1.29 is 9.59 Å². The summed E-state index contributed by atoms with van der Waals surface area (Å²) in [5.41, 5.74) is 38.5. The van der Waals surface area contributed by atoms with E-state index < -0.39 is 11.8 Å². The van der Waals surface area contributed by atoms with Crippen molar-refractivity contribution in [1.29, 1.82) is 16.2 Å². The SMILES string of the molecule is C=NN=C(N)N.CCc1ccc(/C(C)=N/NC(=N)N)cc1NC(=O)c1cccc(C(=O)Nc2cc(/C(C)=N/NC(=N)N)ccc2/C(C)=N/NC(=N)N)c1. The van der Waals surface area contributed by atoms with E-state index in [9.17, 15) is 9.59 Å². The number of benzene rings is 3. The molecule has 3 rings (SSSR count). The lowest BCUT2D eigenvalue weighted by molar-refractivity contribution is 0.102. The molecule has 0 aliphatic rings. The standard InChI is InChI=1S/C31H38N14O2.C2H6N4/c1-5-19-9-10-20(16(2)40-43-29(32)33)14-25(19)38-27(46)22-7-6-8-23(13-22)28(47)39-26-15-21(17(3)41-44-30(34)35)11-12-24(26)18(4)42-45-31(36)37;1-5-6-2(3)4/h6-15H,5H2,1-4H3,(H,38,46)(H,39,47)(H4,32,33,43)(H4,34,35,44)(H4,36,37,45);1H2,(H4,3,4,6)/b40-16+,41-17+,42-18+;. The van der Waals surface area contributed by atoms with E-state index in [1.165, 1.54) is 6.07 Å². The third-order valence-electron chi connectivity index (χ3n) is 6.84. The summed E-state index contributed by atoms with van der Waals surface area (Å²) in [5.74, 6) is -1.97. The van der Waals surface area contributed by atoms with Crippen LogP contribution in [-0.4, -0.2) is 59.5 Å². The molecule has 2 amide bonds. The lowest BCUT2D eigenvalue weighted by Gasteiger charge is -2.15. The Labute approximate surface area is 305 Å². The highest BCUT2D eigenvalue weighted by molar-refractivity contribution is 6.13. The molecule has 0 radical (unpaired) electrons. The fraction of sp³-hybridized carbons (Fsp3) is 0.152. The summed E-state index contributed by atoms with van der Waals surface area (Å²) in [6, 6.07) is 16.9. The average Bonchev–Trinajstić information content (AvgIpc) is 3.11. The minimum absolute atomic E-state index is 0.0648. The van der Waals surface area contributed by atoms with E-state index >= 15 is 0 Å². The van der Waals surface area contributed by atoms with E-state index in [1.54, 1.807) is 63.2 Å². The summed E-state index contributed by atoms with van der Waals surface area (Å²) < 4.78 is 0. The Bertz CT molecular complexity index is 1990. The van der Waals surface area contributed by atoms with Gasteiger partial charge in [0.25, 0.3) is 11.8 Å². The van der Waals surface area contributed by atoms with E-state index in [1.807, 2.05) is 19.1 Å². The first kappa shape index (κ1) is 41.5. The van der Waals surface area contributed by atoms with Crippen LogP contribution < -0.4 is 55.6 Å². The highest BCUT2D eigenvalue weighted by Gasteiger charge is 2.16. The Kier molecular flexibility index (Phi) is 15.8. The van der Waals surface area contributed by atoms with Gasteiger partial charge in [-0.2, -0.15) is 20.4 Å². The molecule has 0 saturated heterocycles. The molecule has 20 nitrogen and oxygen atoms in total. The van der Waals surface area contributed by atoms with Gasteiger partial charge in [-0.05, 0) is 74.2 Å². The van der Waals surface area contributed by atoms with Gasteiger partial charge in [0.1, 0.15) is 0 Å². The Morgan fingerprint density at radius 2 is 1.09 bits per heavy atom. The van der Waals surface area contributed by atoms with Crippen molar-refractivity contribution in [3.63, 3.8) is 0 Å². The second-order valence-corrected chi connectivity index (χ2v) is 10.8. The summed E-state index contributed by atoms with van der Waals surface area (Å²) >= 11 is 0. The summed E-state index contributed by atoms with van der Waals surface area (Å²) in [6.45, 7) is 10.1. The Morgan fingerprint density at radius 3 is 1.53 bits per heavy atom. The Hall–Kier alpha value is -7.64. The topological polar surface area (TPSA) is 358 Å². The number of nitrogens with one attached hydrogen (secondary N) is 8. The van der Waals surface area contributed by atoms with Crippen LogP contribution in [0.1, 0.15) is 70.7 Å². The Morgan fingerprint density at radius 1 is 0.642 bits per heavy atom. The normalized spacial score (nSPS) is 11.1. The molecule has 0 saturated carbocycles. The van der Waals surface area contributed by atoms with Crippen molar-refractivity contribution in [2.45, 2.75) is 34.1 Å². The lowest BCUT2D eigenvalue weighted by Crippen LogP contribution is -2.27. The van der Waals surface area contributed by atoms with Gasteiger partial charge in [-0.15, -0.1) is 5.10 Å². The van der Waals surface area contributed by atoms with Gasteiger partial charge in [0.2, 0.25) is 23.8 Å². The number of rotatable bonds is 12. The second-order valence-electron chi connectivity index (χ2n) is 10.8. The number of aryl methyl sites for hydroxylation is 1. The van der Waals surface area contributed by atoms with Crippen LogP contribution in [0.2, 0.25) is 0 Å². The first-order chi connectivity index (χ1) is 25.1. The van der Waals surface area contributed by atoms with Gasteiger partial charge in [-0.25, -0.2) is 16.3 Å². The maximum atomic E-state index is 13.5. The molecule has 0 fully saturated rings. The fourth-order valence-electron chi connectivity index (χ4n) is 4.31. The number of carbonyl (C=O) groups is 2. The predicted octanol–water partition coefficient (Wildman–Crippen LogP) is 1.25. The smallest absolute Gasteiger partial charge is 0.255 e. The van der Waals surface area contributed by atoms with Crippen LogP contribution in [0.5, 0.6) is 0 Å². The quantitative estimate of drug-likeness (QED) is 0.0720. The first-order valence-electron chi connectivity index (χ1n) is 15.5. The molecule has 0 bridgehead atoms. The maximum absolute atomic E-state index is 13.5. The van der Waals surface area contributed by atoms with Crippen molar-refractivity contribution in [2.24, 2.45) is 54.2 Å². The third kappa shape index (κ3) is 13.7. The molecule has 0 aromatic heterocycles. The molecular formula is C33H44N18O2. The van der Waals surface area contributed by atoms with E-state index in [2.05, 4.69) is 59.1 Å². The maximum Gasteiger partial charge on any atom is 0.255 e. The number of carbonyl (C=O) groups excluding carboxylic acids is 2. The number of anilines is 2. The zero-order valence-electron chi connectivity index (χ0n) is 29.6. The largest absolute Gasteiger partial charge is 0.369 e. The average molecular weight is 725 g/mol. The molecular weight excluding hydrogens is 680 g/mol. The molecule has 3 aromatic carbocycles. The van der Waals surface area contributed by atoms with Gasteiger partial charge in [-0.3, -0.25) is 25.8 Å². The van der Waals surface area contributed by atoms with Crippen LogP contribution in [0.15, 0.2) is 86.2 Å². The molecule has 0 spiro atoms. The van der Waals surface area contributed by atoms with Gasteiger partial charge >= 0.3 is 0 Å². The van der Waals surface area contributed by atoms with Crippen LogP contribution >= 0.6 is 0 Å². The highest BCUT2D eigenvalue weighted by Crippen LogP contribution is 2.23.